The Kier molecular flexibility index (Phi) is 7.16. The lowest BCUT2D eigenvalue weighted by Gasteiger charge is -2.16. The van der Waals surface area contributed by atoms with Crippen LogP contribution in [0.25, 0.3) is 0 Å². The van der Waals surface area contributed by atoms with Crippen LogP contribution in [-0.4, -0.2) is 48.8 Å². The van der Waals surface area contributed by atoms with E-state index >= 15 is 0 Å². The standard InChI is InChI=1S/C17H22ClFN2O4/c1-2-25-6-5-20-16(23)10-7-14(15(22)8-10)21-17(24)12-9-11(18)3-4-13(12)19/h3-4,9-10,14-15,22H,2,5-8H2,1H3,(H,20,23)(H,21,24)/t10-,14-,15-/m0/s1. The SMILES string of the molecule is CCOCCNC(=O)[C@H]1C[C@H](NC(=O)c2cc(Cl)ccc2F)[C@@H](O)C1. The van der Waals surface area contributed by atoms with Crippen LogP contribution in [0.2, 0.25) is 5.02 Å². The van der Waals surface area contributed by atoms with Crippen molar-refractivity contribution in [3.8, 4) is 0 Å². The van der Waals surface area contributed by atoms with E-state index in [4.69, 9.17) is 16.3 Å². The number of hydrogen-bond donors (Lipinski definition) is 3. The number of benzene rings is 1. The summed E-state index contributed by atoms with van der Waals surface area (Å²) in [5.41, 5.74) is -0.190. The number of carbonyl (C=O) groups is 2. The fourth-order valence-electron chi connectivity index (χ4n) is 2.84. The quantitative estimate of drug-likeness (QED) is 0.633. The average Bonchev–Trinajstić information content (AvgIpc) is 2.94. The molecule has 25 heavy (non-hydrogen) atoms. The van der Waals surface area contributed by atoms with Crippen molar-refractivity contribution < 1.29 is 23.8 Å². The van der Waals surface area contributed by atoms with Crippen molar-refractivity contribution in [1.82, 2.24) is 10.6 Å². The van der Waals surface area contributed by atoms with E-state index in [1.165, 1.54) is 12.1 Å². The summed E-state index contributed by atoms with van der Waals surface area (Å²) in [4.78, 5) is 24.3. The number of aliphatic hydroxyl groups excluding tert-OH is 1. The van der Waals surface area contributed by atoms with Gasteiger partial charge in [-0.05, 0) is 38.0 Å². The smallest absolute Gasteiger partial charge is 0.254 e. The molecule has 138 valence electrons. The van der Waals surface area contributed by atoms with Crippen molar-refractivity contribution in [3.63, 3.8) is 0 Å². The van der Waals surface area contributed by atoms with Gasteiger partial charge in [-0.15, -0.1) is 0 Å². The van der Waals surface area contributed by atoms with Gasteiger partial charge in [0.1, 0.15) is 5.82 Å². The highest BCUT2D eigenvalue weighted by molar-refractivity contribution is 6.31. The summed E-state index contributed by atoms with van der Waals surface area (Å²) in [6, 6.07) is 3.07. The average molecular weight is 373 g/mol. The van der Waals surface area contributed by atoms with Crippen molar-refractivity contribution >= 4 is 23.4 Å². The lowest BCUT2D eigenvalue weighted by Crippen LogP contribution is -2.40. The summed E-state index contributed by atoms with van der Waals surface area (Å²) in [7, 11) is 0. The van der Waals surface area contributed by atoms with Gasteiger partial charge in [-0.3, -0.25) is 9.59 Å². The van der Waals surface area contributed by atoms with Gasteiger partial charge in [0, 0.05) is 24.1 Å². The Bertz CT molecular complexity index is 629. The van der Waals surface area contributed by atoms with E-state index in [1.54, 1.807) is 0 Å². The van der Waals surface area contributed by atoms with Crippen molar-refractivity contribution in [2.24, 2.45) is 5.92 Å². The predicted octanol–water partition coefficient (Wildman–Crippen LogP) is 1.50. The molecule has 6 nitrogen and oxygen atoms in total. The number of halogens is 2. The molecule has 1 aromatic carbocycles. The van der Waals surface area contributed by atoms with E-state index in [0.717, 1.165) is 6.07 Å². The van der Waals surface area contributed by atoms with Crippen molar-refractivity contribution in [2.45, 2.75) is 31.9 Å². The molecule has 1 saturated carbocycles. The number of nitrogens with one attached hydrogen (secondary N) is 2. The molecule has 3 N–H and O–H groups in total. The van der Waals surface area contributed by atoms with Gasteiger partial charge in [-0.2, -0.15) is 0 Å². The van der Waals surface area contributed by atoms with Crippen LogP contribution < -0.4 is 10.6 Å². The zero-order valence-corrected chi connectivity index (χ0v) is 14.7. The molecule has 0 saturated heterocycles. The highest BCUT2D eigenvalue weighted by Crippen LogP contribution is 2.27. The van der Waals surface area contributed by atoms with E-state index in [-0.39, 0.29) is 29.3 Å². The van der Waals surface area contributed by atoms with Crippen LogP contribution in [-0.2, 0) is 9.53 Å². The van der Waals surface area contributed by atoms with Crippen LogP contribution >= 0.6 is 11.6 Å². The first-order chi connectivity index (χ1) is 11.9. The first-order valence-electron chi connectivity index (χ1n) is 8.21. The third-order valence-corrected chi connectivity index (χ3v) is 4.37. The monoisotopic (exact) mass is 372 g/mol. The van der Waals surface area contributed by atoms with Crippen molar-refractivity contribution in [1.29, 1.82) is 0 Å². The summed E-state index contributed by atoms with van der Waals surface area (Å²) in [5.74, 6) is -1.96. The molecule has 8 heteroatoms. The maximum Gasteiger partial charge on any atom is 0.254 e. The lowest BCUT2D eigenvalue weighted by atomic mass is 10.1. The minimum atomic E-state index is -0.867. The first-order valence-corrected chi connectivity index (χ1v) is 8.59. The molecule has 0 bridgehead atoms. The first kappa shape index (κ1) is 19.6. The van der Waals surface area contributed by atoms with E-state index in [0.29, 0.717) is 19.8 Å². The third-order valence-electron chi connectivity index (χ3n) is 4.14. The van der Waals surface area contributed by atoms with Crippen molar-refractivity contribution in [3.05, 3.63) is 34.6 Å². The molecule has 1 fully saturated rings. The second kappa shape index (κ2) is 9.12. The van der Waals surface area contributed by atoms with Crippen LogP contribution in [0.15, 0.2) is 18.2 Å². The Labute approximate surface area is 150 Å². The Morgan fingerprint density at radius 3 is 2.88 bits per heavy atom. The number of hydrogen-bond acceptors (Lipinski definition) is 4. The molecular formula is C17H22ClFN2O4. The minimum absolute atomic E-state index is 0.190. The topological polar surface area (TPSA) is 87.7 Å². The fourth-order valence-corrected chi connectivity index (χ4v) is 3.01. The van der Waals surface area contributed by atoms with Gasteiger partial charge in [0.25, 0.3) is 5.91 Å². The van der Waals surface area contributed by atoms with Gasteiger partial charge in [-0.25, -0.2) is 4.39 Å². The van der Waals surface area contributed by atoms with Gasteiger partial charge >= 0.3 is 0 Å². The predicted molar refractivity (Wildman–Crippen MR) is 90.9 cm³/mol. The fraction of sp³-hybridized carbons (Fsp3) is 0.529. The van der Waals surface area contributed by atoms with E-state index in [9.17, 15) is 19.1 Å². The number of ether oxygens (including phenoxy) is 1. The second-order valence-electron chi connectivity index (χ2n) is 5.93. The Hall–Kier alpha value is -1.70. The second-order valence-corrected chi connectivity index (χ2v) is 6.36. The summed E-state index contributed by atoms with van der Waals surface area (Å²) in [6.45, 7) is 3.26. The van der Waals surface area contributed by atoms with Crippen LogP contribution in [0, 0.1) is 11.7 Å². The van der Waals surface area contributed by atoms with Crippen molar-refractivity contribution in [2.75, 3.05) is 19.8 Å². The summed E-state index contributed by atoms with van der Waals surface area (Å²) >= 11 is 5.78. The molecule has 1 aromatic rings. The Balaban J connectivity index is 1.89. The van der Waals surface area contributed by atoms with Gasteiger partial charge in [0.2, 0.25) is 5.91 Å². The Morgan fingerprint density at radius 2 is 2.16 bits per heavy atom. The van der Waals surface area contributed by atoms with Gasteiger partial charge in [0.05, 0.1) is 24.3 Å². The molecule has 2 amide bonds. The molecule has 3 atom stereocenters. The maximum atomic E-state index is 13.7. The maximum absolute atomic E-state index is 13.7. The Morgan fingerprint density at radius 1 is 1.40 bits per heavy atom. The normalized spacial score (nSPS) is 22.6. The molecule has 1 aliphatic carbocycles. The number of rotatable bonds is 7. The molecule has 0 spiro atoms. The molecular weight excluding hydrogens is 351 g/mol. The molecule has 0 aromatic heterocycles. The third kappa shape index (κ3) is 5.39. The molecule has 1 aliphatic rings. The summed E-state index contributed by atoms with van der Waals surface area (Å²) in [6.07, 6.45) is -0.340. The van der Waals surface area contributed by atoms with E-state index in [1.807, 2.05) is 6.92 Å². The van der Waals surface area contributed by atoms with Crippen LogP contribution in [0.5, 0.6) is 0 Å². The highest BCUT2D eigenvalue weighted by Gasteiger charge is 2.37. The molecule has 0 heterocycles. The van der Waals surface area contributed by atoms with Crippen LogP contribution in [0.3, 0.4) is 0 Å². The minimum Gasteiger partial charge on any atom is -0.391 e. The number of carbonyl (C=O) groups excluding carboxylic acids is 2. The lowest BCUT2D eigenvalue weighted by molar-refractivity contribution is -0.125. The molecule has 0 aliphatic heterocycles. The zero-order chi connectivity index (χ0) is 18.4. The van der Waals surface area contributed by atoms with E-state index < -0.39 is 29.8 Å². The summed E-state index contributed by atoms with van der Waals surface area (Å²) < 4.78 is 18.9. The van der Waals surface area contributed by atoms with E-state index in [2.05, 4.69) is 10.6 Å². The number of aliphatic hydroxyl groups is 1. The largest absolute Gasteiger partial charge is 0.391 e. The molecule has 0 radical (unpaired) electrons. The van der Waals surface area contributed by atoms with Crippen LogP contribution in [0.1, 0.15) is 30.1 Å². The zero-order valence-electron chi connectivity index (χ0n) is 13.9. The number of amides is 2. The van der Waals surface area contributed by atoms with Gasteiger partial charge < -0.3 is 20.5 Å². The van der Waals surface area contributed by atoms with Gasteiger partial charge in [-0.1, -0.05) is 11.6 Å². The van der Waals surface area contributed by atoms with Crippen LogP contribution in [0.4, 0.5) is 4.39 Å². The molecule has 0 unspecified atom stereocenters. The summed E-state index contributed by atoms with van der Waals surface area (Å²) in [5, 5.41) is 15.7. The molecule has 2 rings (SSSR count). The van der Waals surface area contributed by atoms with Gasteiger partial charge in [0.15, 0.2) is 0 Å². The highest BCUT2D eigenvalue weighted by atomic mass is 35.5.